The number of nitrogens with one attached hydrogen (secondary N) is 2. The van der Waals surface area contributed by atoms with Crippen LogP contribution in [-0.4, -0.2) is 41.6 Å². The number of carbonyl (C=O) groups excluding carboxylic acids is 1. The van der Waals surface area contributed by atoms with Crippen LogP contribution in [0.15, 0.2) is 11.4 Å². The summed E-state index contributed by atoms with van der Waals surface area (Å²) in [5.74, 6) is 0.105. The molecule has 136 valence electrons. The van der Waals surface area contributed by atoms with Crippen LogP contribution in [0.1, 0.15) is 52.7 Å². The number of H-pyrrole nitrogens is 1. The molecule has 1 amide bonds. The molecular weight excluding hydrogens is 332 g/mol. The summed E-state index contributed by atoms with van der Waals surface area (Å²) in [6.45, 7) is 2.77. The minimum Gasteiger partial charge on any atom is -0.354 e. The summed E-state index contributed by atoms with van der Waals surface area (Å²) in [5, 5.41) is 12.8. The highest BCUT2D eigenvalue weighted by atomic mass is 32.1. The maximum absolute atomic E-state index is 12.3. The van der Waals surface area contributed by atoms with E-state index in [1.165, 1.54) is 34.5 Å². The summed E-state index contributed by atoms with van der Waals surface area (Å²) < 4.78 is 0. The van der Waals surface area contributed by atoms with Gasteiger partial charge in [-0.15, -0.1) is 11.3 Å². The van der Waals surface area contributed by atoms with E-state index in [1.54, 1.807) is 11.3 Å². The Morgan fingerprint density at radius 1 is 1.40 bits per heavy atom. The summed E-state index contributed by atoms with van der Waals surface area (Å²) in [6.07, 6.45) is 5.89. The van der Waals surface area contributed by atoms with Crippen LogP contribution in [0.3, 0.4) is 0 Å². The summed E-state index contributed by atoms with van der Waals surface area (Å²) >= 11 is 1.76. The van der Waals surface area contributed by atoms with Crippen LogP contribution in [0.4, 0.5) is 0 Å². The molecule has 0 saturated carbocycles. The zero-order valence-electron chi connectivity index (χ0n) is 15.4. The largest absolute Gasteiger partial charge is 0.354 e. The average molecular weight is 361 g/mol. The Bertz CT molecular complexity index is 719. The van der Waals surface area contributed by atoms with Crippen molar-refractivity contribution in [3.8, 4) is 0 Å². The molecule has 3 rings (SSSR count). The maximum atomic E-state index is 12.3. The van der Waals surface area contributed by atoms with Gasteiger partial charge in [0, 0.05) is 30.0 Å². The van der Waals surface area contributed by atoms with Gasteiger partial charge in [0.05, 0.1) is 11.7 Å². The molecule has 1 aliphatic carbocycles. The van der Waals surface area contributed by atoms with Gasteiger partial charge < -0.3 is 10.2 Å². The van der Waals surface area contributed by atoms with Crippen LogP contribution in [0, 0.1) is 6.92 Å². The van der Waals surface area contributed by atoms with Crippen molar-refractivity contribution < 1.29 is 4.79 Å². The number of carbonyl (C=O) groups is 1. The molecule has 0 bridgehead atoms. The third-order valence-corrected chi connectivity index (χ3v) is 6.17. The molecule has 0 aromatic carbocycles. The Labute approximate surface area is 153 Å². The average Bonchev–Trinajstić information content (AvgIpc) is 3.19. The maximum Gasteiger partial charge on any atom is 0.220 e. The predicted octanol–water partition coefficient (Wildman–Crippen LogP) is 3.01. The standard InChI is InChI=1S/C19H28N4OS/c1-13-10-11-25-19(13)17(23(2)3)12-20-18(24)9-8-16-14-6-4-5-7-15(14)21-22-16/h10-11,17H,4-9,12H2,1-3H3,(H,20,24)(H,21,22). The lowest BCUT2D eigenvalue weighted by molar-refractivity contribution is -0.121. The Hall–Kier alpha value is -1.66. The van der Waals surface area contributed by atoms with Crippen LogP contribution in [0.2, 0.25) is 0 Å². The molecule has 2 aromatic heterocycles. The van der Waals surface area contributed by atoms with Crippen molar-refractivity contribution in [1.82, 2.24) is 20.4 Å². The third kappa shape index (κ3) is 4.30. The normalized spacial score (nSPS) is 15.2. The minimum atomic E-state index is 0.105. The first-order chi connectivity index (χ1) is 12.1. The lowest BCUT2D eigenvalue weighted by Crippen LogP contribution is -2.34. The van der Waals surface area contributed by atoms with Crippen LogP contribution in [-0.2, 0) is 24.1 Å². The smallest absolute Gasteiger partial charge is 0.220 e. The van der Waals surface area contributed by atoms with Crippen molar-refractivity contribution in [1.29, 1.82) is 0 Å². The Morgan fingerprint density at radius 2 is 2.20 bits per heavy atom. The van der Waals surface area contributed by atoms with E-state index in [0.717, 1.165) is 25.0 Å². The molecule has 1 aliphatic rings. The molecule has 2 N–H and O–H groups in total. The van der Waals surface area contributed by atoms with E-state index >= 15 is 0 Å². The molecule has 2 aromatic rings. The number of hydrogen-bond acceptors (Lipinski definition) is 4. The van der Waals surface area contributed by atoms with Gasteiger partial charge in [-0.3, -0.25) is 9.89 Å². The first-order valence-corrected chi connectivity index (χ1v) is 9.96. The summed E-state index contributed by atoms with van der Waals surface area (Å²) in [6, 6.07) is 2.36. The highest BCUT2D eigenvalue weighted by Gasteiger charge is 2.20. The summed E-state index contributed by atoms with van der Waals surface area (Å²) in [7, 11) is 4.12. The van der Waals surface area contributed by atoms with Crippen molar-refractivity contribution in [2.24, 2.45) is 0 Å². The van der Waals surface area contributed by atoms with Crippen LogP contribution in [0.25, 0.3) is 0 Å². The van der Waals surface area contributed by atoms with Gasteiger partial charge in [-0.25, -0.2) is 0 Å². The topological polar surface area (TPSA) is 61.0 Å². The van der Waals surface area contributed by atoms with Crippen LogP contribution < -0.4 is 5.32 Å². The second kappa shape index (κ2) is 8.15. The lowest BCUT2D eigenvalue weighted by atomic mass is 9.94. The fourth-order valence-electron chi connectivity index (χ4n) is 3.52. The number of rotatable bonds is 7. The zero-order chi connectivity index (χ0) is 17.8. The fourth-order valence-corrected chi connectivity index (χ4v) is 4.65. The van der Waals surface area contributed by atoms with Gasteiger partial charge in [0.15, 0.2) is 0 Å². The molecule has 2 heterocycles. The van der Waals surface area contributed by atoms with E-state index in [-0.39, 0.29) is 11.9 Å². The van der Waals surface area contributed by atoms with Crippen molar-refractivity contribution in [2.75, 3.05) is 20.6 Å². The molecule has 25 heavy (non-hydrogen) atoms. The number of aryl methyl sites for hydroxylation is 3. The molecule has 0 spiro atoms. The Kier molecular flexibility index (Phi) is 5.91. The molecule has 0 aliphatic heterocycles. The summed E-state index contributed by atoms with van der Waals surface area (Å²) in [4.78, 5) is 15.8. The molecule has 6 heteroatoms. The number of nitrogens with zero attached hydrogens (tertiary/aromatic N) is 2. The number of likely N-dealkylation sites (N-methyl/N-ethyl adjacent to an activating group) is 1. The monoisotopic (exact) mass is 360 g/mol. The Balaban J connectivity index is 1.52. The number of fused-ring (bicyclic) bond motifs is 1. The number of amides is 1. The van der Waals surface area contributed by atoms with Crippen molar-refractivity contribution in [3.05, 3.63) is 38.8 Å². The minimum absolute atomic E-state index is 0.105. The molecular formula is C19H28N4OS. The van der Waals surface area contributed by atoms with Crippen LogP contribution >= 0.6 is 11.3 Å². The summed E-state index contributed by atoms with van der Waals surface area (Å²) in [5.41, 5.74) is 5.02. The number of aromatic nitrogens is 2. The van der Waals surface area contributed by atoms with Crippen molar-refractivity contribution in [2.45, 2.75) is 51.5 Å². The molecule has 0 radical (unpaired) electrons. The van der Waals surface area contributed by atoms with Gasteiger partial charge in [-0.2, -0.15) is 5.10 Å². The van der Waals surface area contributed by atoms with Gasteiger partial charge in [-0.05, 0) is 69.3 Å². The number of hydrogen-bond donors (Lipinski definition) is 2. The zero-order valence-corrected chi connectivity index (χ0v) is 16.2. The third-order valence-electron chi connectivity index (χ3n) is 5.05. The second-order valence-corrected chi connectivity index (χ2v) is 8.03. The second-order valence-electron chi connectivity index (χ2n) is 7.09. The Morgan fingerprint density at radius 3 is 2.92 bits per heavy atom. The predicted molar refractivity (Wildman–Crippen MR) is 102 cm³/mol. The van der Waals surface area contributed by atoms with Crippen LogP contribution in [0.5, 0.6) is 0 Å². The molecule has 1 unspecified atom stereocenters. The molecule has 1 atom stereocenters. The van der Waals surface area contributed by atoms with E-state index in [4.69, 9.17) is 0 Å². The molecule has 0 saturated heterocycles. The highest BCUT2D eigenvalue weighted by molar-refractivity contribution is 7.10. The van der Waals surface area contributed by atoms with Gasteiger partial charge in [0.25, 0.3) is 0 Å². The van der Waals surface area contributed by atoms with Gasteiger partial charge >= 0.3 is 0 Å². The van der Waals surface area contributed by atoms with Gasteiger partial charge in [0.2, 0.25) is 5.91 Å². The molecule has 5 nitrogen and oxygen atoms in total. The SMILES string of the molecule is Cc1ccsc1C(CNC(=O)CCc1n[nH]c2c1CCCC2)N(C)C. The molecule has 0 fully saturated rings. The van der Waals surface area contributed by atoms with E-state index in [0.29, 0.717) is 13.0 Å². The quantitative estimate of drug-likeness (QED) is 0.798. The highest BCUT2D eigenvalue weighted by Crippen LogP contribution is 2.27. The lowest BCUT2D eigenvalue weighted by Gasteiger charge is -2.24. The van der Waals surface area contributed by atoms with Crippen molar-refractivity contribution >= 4 is 17.2 Å². The van der Waals surface area contributed by atoms with E-state index in [1.807, 2.05) is 0 Å². The van der Waals surface area contributed by atoms with Gasteiger partial charge in [-0.1, -0.05) is 0 Å². The number of thiophene rings is 1. The van der Waals surface area contributed by atoms with E-state index in [9.17, 15) is 4.79 Å². The van der Waals surface area contributed by atoms with Gasteiger partial charge in [0.1, 0.15) is 0 Å². The number of aromatic amines is 1. The van der Waals surface area contributed by atoms with Crippen molar-refractivity contribution in [3.63, 3.8) is 0 Å². The van der Waals surface area contributed by atoms with E-state index in [2.05, 4.69) is 52.9 Å². The van der Waals surface area contributed by atoms with E-state index < -0.39 is 0 Å². The first-order valence-electron chi connectivity index (χ1n) is 9.08. The first kappa shape index (κ1) is 18.1. The fraction of sp³-hybridized carbons (Fsp3) is 0.579.